The summed E-state index contributed by atoms with van der Waals surface area (Å²) in [5.74, 6) is -1.42. The maximum Gasteiger partial charge on any atom is 0.326 e. The zero-order chi connectivity index (χ0) is 19.4. The van der Waals surface area contributed by atoms with E-state index in [2.05, 4.69) is 10.6 Å². The van der Waals surface area contributed by atoms with Crippen molar-refractivity contribution in [2.45, 2.75) is 57.7 Å². The molecule has 9 heteroatoms. The van der Waals surface area contributed by atoms with Gasteiger partial charge in [-0.15, -0.1) is 0 Å². The fourth-order valence-corrected chi connectivity index (χ4v) is 2.57. The van der Waals surface area contributed by atoms with Gasteiger partial charge in [0.15, 0.2) is 0 Å². The van der Waals surface area contributed by atoms with Gasteiger partial charge < -0.3 is 27.2 Å². The van der Waals surface area contributed by atoms with Crippen LogP contribution in [0.4, 0.5) is 0 Å². The minimum atomic E-state index is -1.10. The third kappa shape index (κ3) is 9.66. The summed E-state index contributed by atoms with van der Waals surface area (Å²) >= 11 is 1.54. The average molecular weight is 377 g/mol. The Bertz CT molecular complexity index is 434. The molecule has 146 valence electrons. The van der Waals surface area contributed by atoms with Gasteiger partial charge in [0.05, 0.1) is 6.04 Å². The smallest absolute Gasteiger partial charge is 0.326 e. The summed E-state index contributed by atoms with van der Waals surface area (Å²) in [7, 11) is 0. The SMILES string of the molecule is CSCC[C@H](NC(=O)[C@@H](N)C(C)C)C(=O)N[C@@H](CCCCN)C(=O)O. The number of carbonyl (C=O) groups is 3. The lowest BCUT2D eigenvalue weighted by molar-refractivity contribution is -0.142. The number of nitrogens with two attached hydrogens (primary N) is 2. The first-order chi connectivity index (χ1) is 11.7. The standard InChI is InChI=1S/C16H32N4O4S/c1-10(2)13(18)15(22)19-11(7-9-25-3)14(21)20-12(16(23)24)6-4-5-8-17/h10-13H,4-9,17-18H2,1-3H3,(H,19,22)(H,20,21)(H,23,24)/t11-,12-,13-/m0/s1. The van der Waals surface area contributed by atoms with Crippen molar-refractivity contribution in [1.29, 1.82) is 0 Å². The van der Waals surface area contributed by atoms with Crippen LogP contribution in [0, 0.1) is 5.92 Å². The molecule has 2 amide bonds. The number of aliphatic carboxylic acids is 1. The number of rotatable bonds is 13. The Balaban J connectivity index is 4.89. The van der Waals surface area contributed by atoms with Crippen molar-refractivity contribution < 1.29 is 19.5 Å². The van der Waals surface area contributed by atoms with Crippen molar-refractivity contribution >= 4 is 29.5 Å². The number of hydrogen-bond donors (Lipinski definition) is 5. The molecule has 0 aromatic carbocycles. The zero-order valence-corrected chi connectivity index (χ0v) is 16.1. The molecule has 0 saturated heterocycles. The monoisotopic (exact) mass is 376 g/mol. The number of carboxylic acid groups (broad SMARTS) is 1. The number of hydrogen-bond acceptors (Lipinski definition) is 6. The summed E-state index contributed by atoms with van der Waals surface area (Å²) in [5.41, 5.74) is 11.2. The van der Waals surface area contributed by atoms with Crippen LogP contribution in [-0.2, 0) is 14.4 Å². The van der Waals surface area contributed by atoms with Crippen LogP contribution in [-0.4, -0.2) is 59.6 Å². The fraction of sp³-hybridized carbons (Fsp3) is 0.812. The molecule has 7 N–H and O–H groups in total. The predicted octanol–water partition coefficient (Wildman–Crippen LogP) is -0.0940. The lowest BCUT2D eigenvalue weighted by Crippen LogP contribution is -2.55. The highest BCUT2D eigenvalue weighted by atomic mass is 32.2. The van der Waals surface area contributed by atoms with Gasteiger partial charge in [0.1, 0.15) is 12.1 Å². The number of nitrogens with one attached hydrogen (secondary N) is 2. The van der Waals surface area contributed by atoms with Crippen LogP contribution in [0.1, 0.15) is 39.5 Å². The van der Waals surface area contributed by atoms with Crippen LogP contribution in [0.15, 0.2) is 0 Å². The van der Waals surface area contributed by atoms with E-state index >= 15 is 0 Å². The first-order valence-corrected chi connectivity index (χ1v) is 9.92. The highest BCUT2D eigenvalue weighted by Crippen LogP contribution is 2.06. The second-order valence-electron chi connectivity index (χ2n) is 6.30. The lowest BCUT2D eigenvalue weighted by Gasteiger charge is -2.23. The summed E-state index contributed by atoms with van der Waals surface area (Å²) in [6.07, 6.45) is 3.89. The second-order valence-corrected chi connectivity index (χ2v) is 7.28. The Morgan fingerprint density at radius 2 is 1.64 bits per heavy atom. The number of amides is 2. The molecule has 0 radical (unpaired) electrons. The Morgan fingerprint density at radius 3 is 2.12 bits per heavy atom. The maximum absolute atomic E-state index is 12.5. The van der Waals surface area contributed by atoms with E-state index in [9.17, 15) is 19.5 Å². The molecule has 0 spiro atoms. The van der Waals surface area contributed by atoms with E-state index in [1.54, 1.807) is 0 Å². The zero-order valence-electron chi connectivity index (χ0n) is 15.3. The normalized spacial score (nSPS) is 14.6. The van der Waals surface area contributed by atoms with Gasteiger partial charge in [-0.2, -0.15) is 11.8 Å². The number of carboxylic acids is 1. The molecular formula is C16H32N4O4S. The van der Waals surface area contributed by atoms with Crippen LogP contribution >= 0.6 is 11.8 Å². The van der Waals surface area contributed by atoms with Crippen molar-refractivity contribution in [3.8, 4) is 0 Å². The van der Waals surface area contributed by atoms with Crippen LogP contribution < -0.4 is 22.1 Å². The Labute approximate surface area is 153 Å². The van der Waals surface area contributed by atoms with Crippen molar-refractivity contribution in [2.24, 2.45) is 17.4 Å². The van der Waals surface area contributed by atoms with E-state index in [0.717, 1.165) is 0 Å². The first kappa shape index (κ1) is 23.7. The molecular weight excluding hydrogens is 344 g/mol. The lowest BCUT2D eigenvalue weighted by atomic mass is 10.0. The maximum atomic E-state index is 12.5. The summed E-state index contributed by atoms with van der Waals surface area (Å²) < 4.78 is 0. The summed E-state index contributed by atoms with van der Waals surface area (Å²) in [6.45, 7) is 4.11. The van der Waals surface area contributed by atoms with Gasteiger partial charge in [-0.05, 0) is 50.2 Å². The minimum Gasteiger partial charge on any atom is -0.480 e. The van der Waals surface area contributed by atoms with Crippen molar-refractivity contribution in [3.63, 3.8) is 0 Å². The topological polar surface area (TPSA) is 148 Å². The van der Waals surface area contributed by atoms with E-state index in [-0.39, 0.29) is 5.92 Å². The largest absolute Gasteiger partial charge is 0.480 e. The van der Waals surface area contributed by atoms with Crippen LogP contribution in [0.3, 0.4) is 0 Å². The molecule has 0 saturated carbocycles. The van der Waals surface area contributed by atoms with Crippen molar-refractivity contribution in [1.82, 2.24) is 10.6 Å². The molecule has 0 aliphatic heterocycles. The second kappa shape index (κ2) is 13.0. The predicted molar refractivity (Wildman–Crippen MR) is 100 cm³/mol. The Kier molecular flexibility index (Phi) is 12.3. The number of carbonyl (C=O) groups excluding carboxylic acids is 2. The molecule has 0 fully saturated rings. The van der Waals surface area contributed by atoms with Crippen LogP contribution in [0.25, 0.3) is 0 Å². The van der Waals surface area contributed by atoms with E-state index in [1.165, 1.54) is 11.8 Å². The van der Waals surface area contributed by atoms with Gasteiger partial charge in [0.25, 0.3) is 0 Å². The fourth-order valence-electron chi connectivity index (χ4n) is 2.10. The first-order valence-electron chi connectivity index (χ1n) is 8.52. The van der Waals surface area contributed by atoms with Gasteiger partial charge in [-0.1, -0.05) is 13.8 Å². The van der Waals surface area contributed by atoms with Gasteiger partial charge in [-0.3, -0.25) is 9.59 Å². The molecule has 0 aliphatic carbocycles. The molecule has 8 nitrogen and oxygen atoms in total. The molecule has 25 heavy (non-hydrogen) atoms. The third-order valence-electron chi connectivity index (χ3n) is 3.83. The number of unbranched alkanes of at least 4 members (excludes halogenated alkanes) is 1. The van der Waals surface area contributed by atoms with Crippen molar-refractivity contribution in [2.75, 3.05) is 18.6 Å². The molecule has 0 bridgehead atoms. The molecule has 0 rings (SSSR count). The van der Waals surface area contributed by atoms with Gasteiger partial charge in [0, 0.05) is 0 Å². The highest BCUT2D eigenvalue weighted by molar-refractivity contribution is 7.98. The molecule has 0 aromatic rings. The molecule has 0 aromatic heterocycles. The molecule has 0 unspecified atom stereocenters. The van der Waals surface area contributed by atoms with Gasteiger partial charge >= 0.3 is 5.97 Å². The third-order valence-corrected chi connectivity index (χ3v) is 4.47. The summed E-state index contributed by atoms with van der Waals surface area (Å²) in [4.78, 5) is 35.9. The molecule has 3 atom stereocenters. The van der Waals surface area contributed by atoms with E-state index in [4.69, 9.17) is 11.5 Å². The van der Waals surface area contributed by atoms with E-state index < -0.39 is 35.9 Å². The van der Waals surface area contributed by atoms with E-state index in [0.29, 0.717) is 38.0 Å². The minimum absolute atomic E-state index is 0.0627. The summed E-state index contributed by atoms with van der Waals surface area (Å²) in [6, 6.07) is -2.52. The summed E-state index contributed by atoms with van der Waals surface area (Å²) in [5, 5.41) is 14.4. The van der Waals surface area contributed by atoms with E-state index in [1.807, 2.05) is 20.1 Å². The molecule has 0 heterocycles. The van der Waals surface area contributed by atoms with Gasteiger partial charge in [-0.25, -0.2) is 4.79 Å². The van der Waals surface area contributed by atoms with Crippen LogP contribution in [0.2, 0.25) is 0 Å². The Morgan fingerprint density at radius 1 is 1.04 bits per heavy atom. The Hall–Kier alpha value is -1.32. The average Bonchev–Trinajstić information content (AvgIpc) is 2.56. The quantitative estimate of drug-likeness (QED) is 0.282. The van der Waals surface area contributed by atoms with Gasteiger partial charge in [0.2, 0.25) is 11.8 Å². The number of thioether (sulfide) groups is 1. The van der Waals surface area contributed by atoms with Crippen molar-refractivity contribution in [3.05, 3.63) is 0 Å². The van der Waals surface area contributed by atoms with Crippen LogP contribution in [0.5, 0.6) is 0 Å². The molecule has 0 aliphatic rings. The highest BCUT2D eigenvalue weighted by Gasteiger charge is 2.28.